The Balaban J connectivity index is 1.93. The second kappa shape index (κ2) is 8.49. The minimum absolute atomic E-state index is 0.148. The minimum atomic E-state index is -0.921. The highest BCUT2D eigenvalue weighted by atomic mass is 16.6. The van der Waals surface area contributed by atoms with Gasteiger partial charge in [-0.2, -0.15) is 0 Å². The van der Waals surface area contributed by atoms with E-state index in [-0.39, 0.29) is 18.6 Å². The molecule has 2 rings (SSSR count). The molecule has 1 aliphatic carbocycles. The Bertz CT molecular complexity index is 401. The largest absolute Gasteiger partial charge is 0.446 e. The van der Waals surface area contributed by atoms with E-state index in [4.69, 9.17) is 9.47 Å². The summed E-state index contributed by atoms with van der Waals surface area (Å²) in [5.74, 6) is -0.234. The van der Waals surface area contributed by atoms with E-state index in [1.807, 2.05) is 0 Å². The molecule has 1 saturated heterocycles. The molecule has 2 amide bonds. The molecule has 0 spiro atoms. The maximum Gasteiger partial charge on any atom is 0.408 e. The topological polar surface area (TPSA) is 96.9 Å². The van der Waals surface area contributed by atoms with Gasteiger partial charge in [-0.05, 0) is 19.8 Å². The molecule has 1 saturated carbocycles. The van der Waals surface area contributed by atoms with E-state index in [0.29, 0.717) is 38.9 Å². The quantitative estimate of drug-likeness (QED) is 0.702. The summed E-state index contributed by atoms with van der Waals surface area (Å²) in [6, 6.07) is 0. The number of ether oxygens (including phenoxy) is 2. The highest BCUT2D eigenvalue weighted by molar-refractivity contribution is 5.90. The number of carbonyl (C=O) groups excluding carboxylic acids is 2. The second-order valence-electron chi connectivity index (χ2n) is 6.54. The van der Waals surface area contributed by atoms with Crippen molar-refractivity contribution in [1.82, 2.24) is 10.6 Å². The lowest BCUT2D eigenvalue weighted by molar-refractivity contribution is -0.129. The Morgan fingerprint density at radius 2 is 1.91 bits per heavy atom. The molecule has 1 heterocycles. The van der Waals surface area contributed by atoms with E-state index in [9.17, 15) is 14.7 Å². The zero-order valence-corrected chi connectivity index (χ0v) is 13.8. The van der Waals surface area contributed by atoms with Gasteiger partial charge in [-0.3, -0.25) is 4.79 Å². The number of amides is 2. The summed E-state index contributed by atoms with van der Waals surface area (Å²) in [4.78, 5) is 24.8. The van der Waals surface area contributed by atoms with Crippen LogP contribution in [-0.2, 0) is 14.3 Å². The van der Waals surface area contributed by atoms with Crippen LogP contribution in [0.5, 0.6) is 0 Å². The van der Waals surface area contributed by atoms with Crippen LogP contribution < -0.4 is 10.6 Å². The molecule has 1 aliphatic heterocycles. The van der Waals surface area contributed by atoms with Gasteiger partial charge in [-0.25, -0.2) is 4.79 Å². The monoisotopic (exact) mass is 328 g/mol. The van der Waals surface area contributed by atoms with Gasteiger partial charge >= 0.3 is 6.09 Å². The third-order valence-corrected chi connectivity index (χ3v) is 4.48. The van der Waals surface area contributed by atoms with Crippen LogP contribution in [0.25, 0.3) is 0 Å². The third-order valence-electron chi connectivity index (χ3n) is 4.48. The number of aliphatic hydroxyl groups is 1. The van der Waals surface area contributed by atoms with Crippen LogP contribution >= 0.6 is 0 Å². The Hall–Kier alpha value is -1.34. The molecule has 7 nitrogen and oxygen atoms in total. The van der Waals surface area contributed by atoms with Crippen LogP contribution in [0.1, 0.15) is 51.9 Å². The predicted octanol–water partition coefficient (Wildman–Crippen LogP) is 1.09. The molecule has 1 atom stereocenters. The van der Waals surface area contributed by atoms with Crippen LogP contribution in [0.4, 0.5) is 4.79 Å². The minimum Gasteiger partial charge on any atom is -0.446 e. The molecule has 0 aromatic carbocycles. The van der Waals surface area contributed by atoms with Gasteiger partial charge in [0, 0.05) is 19.4 Å². The van der Waals surface area contributed by atoms with Gasteiger partial charge in [-0.15, -0.1) is 0 Å². The fourth-order valence-corrected chi connectivity index (χ4v) is 3.14. The summed E-state index contributed by atoms with van der Waals surface area (Å²) in [7, 11) is 0. The van der Waals surface area contributed by atoms with E-state index < -0.39 is 17.7 Å². The standard InChI is InChI=1S/C16H28N2O5/c1-12(19)11-17-14(20)16(7-3-2-4-8-16)18-15(21)23-13-5-9-22-10-6-13/h12-13,19H,2-11H2,1H3,(H,17,20)(H,18,21). The number of hydrogen-bond acceptors (Lipinski definition) is 5. The Kier molecular flexibility index (Phi) is 6.65. The van der Waals surface area contributed by atoms with Crippen LogP contribution in [0, 0.1) is 0 Å². The number of nitrogens with one attached hydrogen (secondary N) is 2. The van der Waals surface area contributed by atoms with Gasteiger partial charge in [-0.1, -0.05) is 19.3 Å². The van der Waals surface area contributed by atoms with Gasteiger partial charge < -0.3 is 25.2 Å². The highest BCUT2D eigenvalue weighted by Gasteiger charge is 2.41. The van der Waals surface area contributed by atoms with Gasteiger partial charge in [0.1, 0.15) is 11.6 Å². The van der Waals surface area contributed by atoms with Gasteiger partial charge in [0.15, 0.2) is 0 Å². The van der Waals surface area contributed by atoms with Gasteiger partial charge in [0.25, 0.3) is 0 Å². The van der Waals surface area contributed by atoms with Crippen molar-refractivity contribution in [3.8, 4) is 0 Å². The van der Waals surface area contributed by atoms with Crippen molar-refractivity contribution < 1.29 is 24.2 Å². The predicted molar refractivity (Wildman–Crippen MR) is 84.0 cm³/mol. The number of rotatable bonds is 5. The molecular weight excluding hydrogens is 300 g/mol. The number of alkyl carbamates (subject to hydrolysis) is 1. The molecule has 0 radical (unpaired) electrons. The third kappa shape index (κ3) is 5.35. The van der Waals surface area contributed by atoms with E-state index in [1.165, 1.54) is 0 Å². The van der Waals surface area contributed by atoms with E-state index in [1.54, 1.807) is 6.92 Å². The number of aliphatic hydroxyl groups excluding tert-OH is 1. The van der Waals surface area contributed by atoms with Crippen LogP contribution in [-0.4, -0.2) is 54.6 Å². The van der Waals surface area contributed by atoms with Crippen molar-refractivity contribution in [3.63, 3.8) is 0 Å². The van der Waals surface area contributed by atoms with Crippen LogP contribution in [0.2, 0.25) is 0 Å². The molecule has 1 unspecified atom stereocenters. The van der Waals surface area contributed by atoms with Gasteiger partial charge in [0.05, 0.1) is 19.3 Å². The lowest BCUT2D eigenvalue weighted by Gasteiger charge is -2.37. The summed E-state index contributed by atoms with van der Waals surface area (Å²) in [5.41, 5.74) is -0.921. The Morgan fingerprint density at radius 3 is 2.52 bits per heavy atom. The SMILES string of the molecule is CC(O)CNC(=O)C1(NC(=O)OC2CCOCC2)CCCCC1. The first-order chi connectivity index (χ1) is 11.0. The van der Waals surface area contributed by atoms with Crippen molar-refractivity contribution >= 4 is 12.0 Å². The van der Waals surface area contributed by atoms with Crippen molar-refractivity contribution in [2.24, 2.45) is 0 Å². The Morgan fingerprint density at radius 1 is 1.26 bits per heavy atom. The Labute approximate surface area is 137 Å². The van der Waals surface area contributed by atoms with Crippen molar-refractivity contribution in [1.29, 1.82) is 0 Å². The summed E-state index contributed by atoms with van der Waals surface area (Å²) in [6.45, 7) is 2.98. The van der Waals surface area contributed by atoms with Crippen LogP contribution in [0.15, 0.2) is 0 Å². The molecule has 0 aromatic rings. The molecule has 23 heavy (non-hydrogen) atoms. The van der Waals surface area contributed by atoms with E-state index >= 15 is 0 Å². The molecule has 7 heteroatoms. The first-order valence-electron chi connectivity index (χ1n) is 8.55. The number of hydrogen-bond donors (Lipinski definition) is 3. The normalized spacial score (nSPS) is 22.9. The zero-order chi connectivity index (χ0) is 16.7. The van der Waals surface area contributed by atoms with Crippen LogP contribution in [0.3, 0.4) is 0 Å². The van der Waals surface area contributed by atoms with E-state index in [2.05, 4.69) is 10.6 Å². The van der Waals surface area contributed by atoms with Crippen molar-refractivity contribution in [3.05, 3.63) is 0 Å². The summed E-state index contributed by atoms with van der Waals surface area (Å²) in [6.07, 6.45) is 4.11. The lowest BCUT2D eigenvalue weighted by atomic mass is 9.81. The molecule has 132 valence electrons. The molecular formula is C16H28N2O5. The number of carbonyl (C=O) groups is 2. The summed E-state index contributed by atoms with van der Waals surface area (Å²) < 4.78 is 10.7. The molecule has 0 bridgehead atoms. The molecule has 3 N–H and O–H groups in total. The fourth-order valence-electron chi connectivity index (χ4n) is 3.14. The van der Waals surface area contributed by atoms with E-state index in [0.717, 1.165) is 19.3 Å². The van der Waals surface area contributed by atoms with Crippen molar-refractivity contribution in [2.75, 3.05) is 19.8 Å². The molecule has 2 fully saturated rings. The maximum absolute atomic E-state index is 12.5. The fraction of sp³-hybridized carbons (Fsp3) is 0.875. The smallest absolute Gasteiger partial charge is 0.408 e. The lowest BCUT2D eigenvalue weighted by Crippen LogP contribution is -2.60. The maximum atomic E-state index is 12.5. The average Bonchev–Trinajstić information content (AvgIpc) is 2.54. The summed E-state index contributed by atoms with van der Waals surface area (Å²) in [5, 5.41) is 14.9. The second-order valence-corrected chi connectivity index (χ2v) is 6.54. The van der Waals surface area contributed by atoms with Crippen molar-refractivity contribution in [2.45, 2.75) is 69.6 Å². The van der Waals surface area contributed by atoms with Gasteiger partial charge in [0.2, 0.25) is 5.91 Å². The highest BCUT2D eigenvalue weighted by Crippen LogP contribution is 2.29. The zero-order valence-electron chi connectivity index (χ0n) is 13.8. The summed E-state index contributed by atoms with van der Waals surface area (Å²) >= 11 is 0. The molecule has 2 aliphatic rings. The molecule has 0 aromatic heterocycles. The first-order valence-corrected chi connectivity index (χ1v) is 8.55. The first kappa shape index (κ1) is 18.0. The average molecular weight is 328 g/mol.